The molecular formula is C21H17Br2F2N3O2S. The lowest BCUT2D eigenvalue weighted by molar-refractivity contribution is -0.124. The van der Waals surface area contributed by atoms with E-state index in [4.69, 9.17) is 17.1 Å². The number of hydroxylamine groups is 1. The fourth-order valence-corrected chi connectivity index (χ4v) is 5.23. The number of nitrogens with one attached hydrogen (secondary N) is 2. The van der Waals surface area contributed by atoms with Gasteiger partial charge < -0.3 is 5.32 Å². The molecule has 2 aliphatic rings. The van der Waals surface area contributed by atoms with E-state index in [1.54, 1.807) is 24.3 Å². The zero-order valence-electron chi connectivity index (χ0n) is 16.0. The van der Waals surface area contributed by atoms with Gasteiger partial charge >= 0.3 is 0 Å². The summed E-state index contributed by atoms with van der Waals surface area (Å²) in [6.07, 6.45) is -2.43. The summed E-state index contributed by atoms with van der Waals surface area (Å²) < 4.78 is 30.0. The Morgan fingerprint density at radius 3 is 2.48 bits per heavy atom. The van der Waals surface area contributed by atoms with Crippen LogP contribution in [0, 0.1) is 0 Å². The zero-order valence-corrected chi connectivity index (χ0v) is 20.0. The molecule has 2 atom stereocenters. The second kappa shape index (κ2) is 9.01. The molecule has 1 amide bonds. The predicted octanol–water partition coefficient (Wildman–Crippen LogP) is 4.30. The maximum Gasteiger partial charge on any atom is 0.268 e. The highest BCUT2D eigenvalue weighted by molar-refractivity contribution is 9.11. The van der Waals surface area contributed by atoms with Crippen molar-refractivity contribution in [1.82, 2.24) is 10.8 Å². The molecule has 1 fully saturated rings. The van der Waals surface area contributed by atoms with Crippen molar-refractivity contribution in [2.75, 3.05) is 13.2 Å². The van der Waals surface area contributed by atoms with Gasteiger partial charge in [-0.05, 0) is 29.3 Å². The fraction of sp³-hybridized carbons (Fsp3) is 0.286. The van der Waals surface area contributed by atoms with E-state index in [1.165, 1.54) is 0 Å². The smallest absolute Gasteiger partial charge is 0.268 e. The molecule has 2 unspecified atom stereocenters. The Balaban J connectivity index is 1.51. The van der Waals surface area contributed by atoms with Crippen LogP contribution in [0.1, 0.15) is 23.1 Å². The summed E-state index contributed by atoms with van der Waals surface area (Å²) in [6.45, 7) is 0.205. The van der Waals surface area contributed by atoms with Gasteiger partial charge in [0.2, 0.25) is 6.43 Å². The summed E-state index contributed by atoms with van der Waals surface area (Å²) in [5.74, 6) is -0.276. The van der Waals surface area contributed by atoms with Crippen LogP contribution in [0.4, 0.5) is 8.78 Å². The van der Waals surface area contributed by atoms with Gasteiger partial charge in [0, 0.05) is 26.6 Å². The summed E-state index contributed by atoms with van der Waals surface area (Å²) in [4.78, 5) is 21.4. The number of alkyl halides is 2. The lowest BCUT2D eigenvalue weighted by atomic mass is 9.77. The summed E-state index contributed by atoms with van der Waals surface area (Å²) in [6, 6.07) is 11.9. The largest absolute Gasteiger partial charge is 0.362 e. The average molecular weight is 573 g/mol. The molecule has 2 N–H and O–H groups in total. The molecule has 0 spiro atoms. The number of thiocarbonyl (C=S) groups is 1. The maximum absolute atomic E-state index is 14.3. The van der Waals surface area contributed by atoms with E-state index < -0.39 is 17.9 Å². The molecule has 1 saturated heterocycles. The number of aliphatic imine (C=N–C) groups is 1. The number of rotatable bonds is 5. The highest BCUT2D eigenvalue weighted by Crippen LogP contribution is 2.42. The van der Waals surface area contributed by atoms with Gasteiger partial charge in [-0.25, -0.2) is 14.3 Å². The number of carbonyl (C=O) groups excluding carboxylic acids is 1. The average Bonchev–Trinajstić information content (AvgIpc) is 3.35. The van der Waals surface area contributed by atoms with Gasteiger partial charge in [-0.3, -0.25) is 14.6 Å². The van der Waals surface area contributed by atoms with Gasteiger partial charge in [-0.1, -0.05) is 68.3 Å². The molecular weight excluding hydrogens is 556 g/mol. The summed E-state index contributed by atoms with van der Waals surface area (Å²) in [5.41, 5.74) is 3.56. The molecule has 0 bridgehead atoms. The second-order valence-electron chi connectivity index (χ2n) is 7.44. The van der Waals surface area contributed by atoms with Crippen LogP contribution in [0.3, 0.4) is 0 Å². The van der Waals surface area contributed by atoms with Crippen LogP contribution in [0.15, 0.2) is 56.4 Å². The molecule has 2 aliphatic heterocycles. The van der Waals surface area contributed by atoms with Crippen LogP contribution in [0.5, 0.6) is 0 Å². The predicted molar refractivity (Wildman–Crippen MR) is 125 cm³/mol. The van der Waals surface area contributed by atoms with Gasteiger partial charge in [0.1, 0.15) is 17.6 Å². The van der Waals surface area contributed by atoms with E-state index in [0.29, 0.717) is 21.8 Å². The van der Waals surface area contributed by atoms with E-state index >= 15 is 0 Å². The van der Waals surface area contributed by atoms with Crippen molar-refractivity contribution >= 4 is 60.7 Å². The third-order valence-electron chi connectivity index (χ3n) is 5.42. The Hall–Kier alpha value is -1.75. The Morgan fingerprint density at radius 1 is 1.23 bits per heavy atom. The Labute approximate surface area is 199 Å². The first kappa shape index (κ1) is 22.4. The molecule has 0 aliphatic carbocycles. The SMILES string of the molecule is O=C1NOCC1NC(=S)c1ccc(C2=NCC(c3cc(Br)cc(Br)c3)(C(F)F)C2)cc1. The highest BCUT2D eigenvalue weighted by Gasteiger charge is 2.46. The Kier molecular flexibility index (Phi) is 6.52. The van der Waals surface area contributed by atoms with Gasteiger partial charge in [0.05, 0.1) is 12.0 Å². The van der Waals surface area contributed by atoms with Gasteiger partial charge in [0.25, 0.3) is 5.91 Å². The number of halogens is 4. The quantitative estimate of drug-likeness (QED) is 0.524. The van der Waals surface area contributed by atoms with Crippen molar-refractivity contribution < 1.29 is 18.4 Å². The van der Waals surface area contributed by atoms with E-state index in [9.17, 15) is 13.6 Å². The molecule has 0 aromatic heterocycles. The molecule has 2 aromatic carbocycles. The molecule has 5 nitrogen and oxygen atoms in total. The van der Waals surface area contributed by atoms with E-state index in [-0.39, 0.29) is 25.5 Å². The molecule has 162 valence electrons. The van der Waals surface area contributed by atoms with Crippen LogP contribution >= 0.6 is 44.1 Å². The lowest BCUT2D eigenvalue weighted by Gasteiger charge is -2.28. The van der Waals surface area contributed by atoms with Crippen LogP contribution in [-0.4, -0.2) is 42.2 Å². The molecule has 4 rings (SSSR count). The number of hydrogen-bond donors (Lipinski definition) is 2. The minimum atomic E-state index is -2.56. The topological polar surface area (TPSA) is 62.7 Å². The molecule has 0 saturated carbocycles. The first-order valence-electron chi connectivity index (χ1n) is 9.39. The van der Waals surface area contributed by atoms with E-state index in [1.807, 2.05) is 18.2 Å². The standard InChI is InChI=1S/C21H17Br2F2N3O2S/c22-14-5-13(6-15(23)7-14)21(20(24)25)8-16(26-10-21)11-1-3-12(4-2-11)19(31)27-17-9-30-28-18(17)29/h1-7,17,20H,8-10H2,(H,27,31)(H,28,29). The molecule has 31 heavy (non-hydrogen) atoms. The number of nitrogens with zero attached hydrogens (tertiary/aromatic N) is 1. The fourth-order valence-electron chi connectivity index (χ4n) is 3.65. The monoisotopic (exact) mass is 571 g/mol. The minimum Gasteiger partial charge on any atom is -0.362 e. The lowest BCUT2D eigenvalue weighted by Crippen LogP contribution is -2.41. The molecule has 2 aromatic rings. The minimum absolute atomic E-state index is 0.0153. The Bertz CT molecular complexity index is 1040. The van der Waals surface area contributed by atoms with Gasteiger partial charge in [-0.2, -0.15) is 0 Å². The van der Waals surface area contributed by atoms with E-state index in [2.05, 4.69) is 47.6 Å². The van der Waals surface area contributed by atoms with Crippen LogP contribution in [0.25, 0.3) is 0 Å². The van der Waals surface area contributed by atoms with Crippen LogP contribution < -0.4 is 10.8 Å². The Morgan fingerprint density at radius 2 is 1.90 bits per heavy atom. The molecule has 0 radical (unpaired) electrons. The zero-order chi connectivity index (χ0) is 22.2. The summed E-state index contributed by atoms with van der Waals surface area (Å²) in [7, 11) is 0. The van der Waals surface area contributed by atoms with Crippen molar-refractivity contribution in [2.45, 2.75) is 24.3 Å². The first-order chi connectivity index (χ1) is 14.8. The number of carbonyl (C=O) groups is 1. The second-order valence-corrected chi connectivity index (χ2v) is 9.67. The van der Waals surface area contributed by atoms with Crippen molar-refractivity contribution in [3.05, 3.63) is 68.1 Å². The third kappa shape index (κ3) is 4.57. The summed E-state index contributed by atoms with van der Waals surface area (Å²) in [5, 5.41) is 2.95. The van der Waals surface area contributed by atoms with Crippen molar-refractivity contribution in [3.63, 3.8) is 0 Å². The van der Waals surface area contributed by atoms with Gasteiger partial charge in [0.15, 0.2) is 0 Å². The van der Waals surface area contributed by atoms with Crippen molar-refractivity contribution in [3.8, 4) is 0 Å². The number of benzene rings is 2. The third-order valence-corrected chi connectivity index (χ3v) is 6.68. The first-order valence-corrected chi connectivity index (χ1v) is 11.4. The normalized spacial score (nSPS) is 23.1. The number of hydrogen-bond acceptors (Lipinski definition) is 4. The van der Waals surface area contributed by atoms with Gasteiger partial charge in [-0.15, -0.1) is 0 Å². The number of amides is 1. The summed E-state index contributed by atoms with van der Waals surface area (Å²) >= 11 is 12.1. The van der Waals surface area contributed by atoms with Crippen LogP contribution in [-0.2, 0) is 15.0 Å². The van der Waals surface area contributed by atoms with Crippen molar-refractivity contribution in [1.29, 1.82) is 0 Å². The van der Waals surface area contributed by atoms with E-state index in [0.717, 1.165) is 14.5 Å². The van der Waals surface area contributed by atoms with Crippen LogP contribution in [0.2, 0.25) is 0 Å². The highest BCUT2D eigenvalue weighted by atomic mass is 79.9. The maximum atomic E-state index is 14.3. The van der Waals surface area contributed by atoms with Crippen molar-refractivity contribution in [2.24, 2.45) is 4.99 Å². The molecule has 10 heteroatoms. The molecule has 2 heterocycles.